The highest BCUT2D eigenvalue weighted by Gasteiger charge is 2.22. The van der Waals surface area contributed by atoms with Crippen molar-refractivity contribution < 1.29 is 0 Å². The first-order valence-corrected chi connectivity index (χ1v) is 7.93. The SMILES string of the molecule is Cc1ccc(C(C(C)N)N(C)Cc2cccc(Cl)c2)s1. The van der Waals surface area contributed by atoms with Crippen molar-refractivity contribution in [3.63, 3.8) is 0 Å². The number of hydrogen-bond donors (Lipinski definition) is 1. The van der Waals surface area contributed by atoms with Gasteiger partial charge >= 0.3 is 0 Å². The Labute approximate surface area is 130 Å². The molecule has 1 aromatic heterocycles. The molecule has 20 heavy (non-hydrogen) atoms. The molecule has 0 bridgehead atoms. The molecule has 0 fully saturated rings. The Hall–Kier alpha value is -0.870. The van der Waals surface area contributed by atoms with Crippen molar-refractivity contribution in [1.29, 1.82) is 0 Å². The first-order chi connectivity index (χ1) is 9.47. The van der Waals surface area contributed by atoms with E-state index in [4.69, 9.17) is 17.3 Å². The summed E-state index contributed by atoms with van der Waals surface area (Å²) in [4.78, 5) is 4.94. The zero-order valence-corrected chi connectivity index (χ0v) is 13.7. The van der Waals surface area contributed by atoms with Gasteiger partial charge in [-0.1, -0.05) is 23.7 Å². The van der Waals surface area contributed by atoms with Crippen molar-refractivity contribution in [2.75, 3.05) is 7.05 Å². The fourth-order valence-corrected chi connectivity index (χ4v) is 3.88. The predicted molar refractivity (Wildman–Crippen MR) is 88.4 cm³/mol. The first kappa shape index (κ1) is 15.5. The molecule has 2 atom stereocenters. The minimum atomic E-state index is 0.0808. The molecule has 4 heteroatoms. The van der Waals surface area contributed by atoms with Gasteiger partial charge in [-0.15, -0.1) is 11.3 Å². The molecule has 108 valence electrons. The van der Waals surface area contributed by atoms with Crippen LogP contribution < -0.4 is 5.73 Å². The lowest BCUT2D eigenvalue weighted by atomic mass is 10.1. The van der Waals surface area contributed by atoms with Crippen LogP contribution in [0.5, 0.6) is 0 Å². The maximum absolute atomic E-state index is 6.20. The third kappa shape index (κ3) is 3.83. The number of nitrogens with two attached hydrogens (primary N) is 1. The molecule has 1 aromatic carbocycles. The fourth-order valence-electron chi connectivity index (χ4n) is 2.51. The van der Waals surface area contributed by atoms with Crippen LogP contribution in [0.3, 0.4) is 0 Å². The second kappa shape index (κ2) is 6.72. The first-order valence-electron chi connectivity index (χ1n) is 6.74. The second-order valence-corrected chi connectivity index (χ2v) is 7.05. The number of likely N-dealkylation sites (N-methyl/N-ethyl adjacent to an activating group) is 1. The van der Waals surface area contributed by atoms with Crippen molar-refractivity contribution in [2.45, 2.75) is 32.5 Å². The van der Waals surface area contributed by atoms with Crippen molar-refractivity contribution in [1.82, 2.24) is 4.90 Å². The van der Waals surface area contributed by atoms with Crippen molar-refractivity contribution in [3.8, 4) is 0 Å². The van der Waals surface area contributed by atoms with Gasteiger partial charge in [-0.25, -0.2) is 0 Å². The summed E-state index contributed by atoms with van der Waals surface area (Å²) in [7, 11) is 2.12. The lowest BCUT2D eigenvalue weighted by Gasteiger charge is -2.30. The van der Waals surface area contributed by atoms with E-state index in [1.165, 1.54) is 15.3 Å². The van der Waals surface area contributed by atoms with E-state index in [0.717, 1.165) is 11.6 Å². The van der Waals surface area contributed by atoms with E-state index in [1.54, 1.807) is 0 Å². The van der Waals surface area contributed by atoms with Crippen LogP contribution >= 0.6 is 22.9 Å². The predicted octanol–water partition coefficient (Wildman–Crippen LogP) is 4.23. The van der Waals surface area contributed by atoms with Crippen LogP contribution in [0.4, 0.5) is 0 Å². The number of nitrogens with zero attached hydrogens (tertiary/aromatic N) is 1. The third-order valence-electron chi connectivity index (χ3n) is 3.35. The lowest BCUT2D eigenvalue weighted by molar-refractivity contribution is 0.214. The monoisotopic (exact) mass is 308 g/mol. The molecule has 0 saturated carbocycles. The maximum Gasteiger partial charge on any atom is 0.0591 e. The summed E-state index contributed by atoms with van der Waals surface area (Å²) >= 11 is 7.87. The smallest absolute Gasteiger partial charge is 0.0591 e. The summed E-state index contributed by atoms with van der Waals surface area (Å²) in [5, 5.41) is 0.778. The Morgan fingerprint density at radius 3 is 2.60 bits per heavy atom. The van der Waals surface area contributed by atoms with Crippen LogP contribution in [0.2, 0.25) is 5.02 Å². The Morgan fingerprint density at radius 1 is 1.30 bits per heavy atom. The van der Waals surface area contributed by atoms with Gasteiger partial charge in [0, 0.05) is 27.4 Å². The van der Waals surface area contributed by atoms with E-state index in [0.29, 0.717) is 0 Å². The fraction of sp³-hybridized carbons (Fsp3) is 0.375. The van der Waals surface area contributed by atoms with Crippen LogP contribution in [0.1, 0.15) is 28.3 Å². The van der Waals surface area contributed by atoms with E-state index in [9.17, 15) is 0 Å². The molecule has 0 spiro atoms. The quantitative estimate of drug-likeness (QED) is 0.895. The Kier molecular flexibility index (Phi) is 5.22. The average Bonchev–Trinajstić information content (AvgIpc) is 2.75. The number of thiophene rings is 1. The van der Waals surface area contributed by atoms with Gasteiger partial charge in [-0.05, 0) is 50.7 Å². The summed E-state index contributed by atoms with van der Waals surface area (Å²) in [5.41, 5.74) is 7.41. The molecule has 2 rings (SSSR count). The molecule has 0 aliphatic rings. The zero-order chi connectivity index (χ0) is 14.7. The van der Waals surface area contributed by atoms with Crippen LogP contribution in [0, 0.1) is 6.92 Å². The summed E-state index contributed by atoms with van der Waals surface area (Å²) < 4.78 is 0. The standard InChI is InChI=1S/C16H21ClN2S/c1-11-7-8-15(20-11)16(12(2)18)19(3)10-13-5-4-6-14(17)9-13/h4-9,12,16H,10,18H2,1-3H3. The van der Waals surface area contributed by atoms with Gasteiger partial charge in [-0.3, -0.25) is 4.90 Å². The molecule has 1 heterocycles. The minimum absolute atomic E-state index is 0.0808. The van der Waals surface area contributed by atoms with E-state index in [1.807, 2.05) is 29.5 Å². The third-order valence-corrected chi connectivity index (χ3v) is 4.65. The summed E-state index contributed by atoms with van der Waals surface area (Å²) in [6.07, 6.45) is 0. The molecule has 0 amide bonds. The highest BCUT2D eigenvalue weighted by molar-refractivity contribution is 7.12. The highest BCUT2D eigenvalue weighted by Crippen LogP contribution is 2.30. The van der Waals surface area contributed by atoms with Gasteiger partial charge < -0.3 is 5.73 Å². The molecule has 0 aliphatic carbocycles. The van der Waals surface area contributed by atoms with Crippen molar-refractivity contribution in [3.05, 3.63) is 56.7 Å². The number of benzene rings is 1. The number of rotatable bonds is 5. The topological polar surface area (TPSA) is 29.3 Å². The minimum Gasteiger partial charge on any atom is -0.326 e. The summed E-state index contributed by atoms with van der Waals surface area (Å²) in [5.74, 6) is 0. The van der Waals surface area contributed by atoms with Gasteiger partial charge in [0.05, 0.1) is 6.04 Å². The zero-order valence-electron chi connectivity index (χ0n) is 12.1. The number of halogens is 1. The molecule has 2 N–H and O–H groups in total. The van der Waals surface area contributed by atoms with E-state index < -0.39 is 0 Å². The van der Waals surface area contributed by atoms with Crippen LogP contribution in [0.15, 0.2) is 36.4 Å². The van der Waals surface area contributed by atoms with Crippen LogP contribution in [-0.2, 0) is 6.54 Å². The molecular weight excluding hydrogens is 288 g/mol. The van der Waals surface area contributed by atoms with Gasteiger partial charge in [0.15, 0.2) is 0 Å². The summed E-state index contributed by atoms with van der Waals surface area (Å²) in [6.45, 7) is 5.03. The maximum atomic E-state index is 6.20. The Balaban J connectivity index is 2.17. The second-order valence-electron chi connectivity index (χ2n) is 5.30. The van der Waals surface area contributed by atoms with E-state index in [2.05, 4.69) is 44.0 Å². The largest absolute Gasteiger partial charge is 0.326 e. The molecule has 0 aliphatic heterocycles. The normalized spacial score (nSPS) is 14.5. The Bertz CT molecular complexity index is 565. The van der Waals surface area contributed by atoms with Crippen LogP contribution in [-0.4, -0.2) is 18.0 Å². The lowest BCUT2D eigenvalue weighted by Crippen LogP contribution is -2.36. The molecular formula is C16H21ClN2S. The average molecular weight is 309 g/mol. The molecule has 0 saturated heterocycles. The molecule has 0 radical (unpaired) electrons. The van der Waals surface area contributed by atoms with Gasteiger partial charge in [0.2, 0.25) is 0 Å². The Morgan fingerprint density at radius 2 is 2.05 bits per heavy atom. The number of aryl methyl sites for hydroxylation is 1. The highest BCUT2D eigenvalue weighted by atomic mass is 35.5. The molecule has 2 unspecified atom stereocenters. The van der Waals surface area contributed by atoms with Crippen LogP contribution in [0.25, 0.3) is 0 Å². The number of hydrogen-bond acceptors (Lipinski definition) is 3. The molecule has 2 nitrogen and oxygen atoms in total. The van der Waals surface area contributed by atoms with Crippen molar-refractivity contribution in [2.24, 2.45) is 5.73 Å². The van der Waals surface area contributed by atoms with E-state index in [-0.39, 0.29) is 12.1 Å². The van der Waals surface area contributed by atoms with E-state index >= 15 is 0 Å². The summed E-state index contributed by atoms with van der Waals surface area (Å²) in [6, 6.07) is 12.6. The van der Waals surface area contributed by atoms with Crippen molar-refractivity contribution >= 4 is 22.9 Å². The van der Waals surface area contributed by atoms with Gasteiger partial charge in [-0.2, -0.15) is 0 Å². The van der Waals surface area contributed by atoms with Gasteiger partial charge in [0.1, 0.15) is 0 Å². The molecule has 2 aromatic rings. The van der Waals surface area contributed by atoms with Gasteiger partial charge in [0.25, 0.3) is 0 Å².